The number of benzene rings is 1. The second kappa shape index (κ2) is 4.75. The molecular weight excluding hydrogens is 258 g/mol. The van der Waals surface area contributed by atoms with Gasteiger partial charge in [0.2, 0.25) is 0 Å². The summed E-state index contributed by atoms with van der Waals surface area (Å²) in [6.07, 6.45) is 0.905. The molecule has 0 fully saturated rings. The summed E-state index contributed by atoms with van der Waals surface area (Å²) >= 11 is 1.57. The van der Waals surface area contributed by atoms with Crippen molar-refractivity contribution >= 4 is 32.5 Å². The van der Waals surface area contributed by atoms with Crippen LogP contribution in [-0.2, 0) is 6.42 Å². The molecule has 0 amide bonds. The number of pyridine rings is 1. The van der Waals surface area contributed by atoms with Gasteiger partial charge in [0.25, 0.3) is 5.56 Å². The molecule has 5 heteroatoms. The molecular formula is C14H15N3OS. The Balaban J connectivity index is 2.17. The van der Waals surface area contributed by atoms with E-state index in [2.05, 4.69) is 14.9 Å². The normalized spacial score (nSPS) is 11.7. The van der Waals surface area contributed by atoms with Gasteiger partial charge in [0.15, 0.2) is 0 Å². The van der Waals surface area contributed by atoms with Crippen molar-refractivity contribution in [2.24, 2.45) is 0 Å². The average molecular weight is 273 g/mol. The lowest BCUT2D eigenvalue weighted by Crippen LogP contribution is -2.14. The highest BCUT2D eigenvalue weighted by atomic mass is 32.1. The predicted molar refractivity (Wildman–Crippen MR) is 80.0 cm³/mol. The molecule has 0 aliphatic heterocycles. The van der Waals surface area contributed by atoms with Crippen molar-refractivity contribution in [3.8, 4) is 0 Å². The van der Waals surface area contributed by atoms with Crippen molar-refractivity contribution < 1.29 is 0 Å². The number of likely N-dealkylation sites (N-methyl/N-ethyl adjacent to an activating group) is 1. The van der Waals surface area contributed by atoms with Crippen LogP contribution in [0, 0.1) is 0 Å². The molecule has 98 valence electrons. The molecule has 3 aromatic rings. The zero-order valence-electron chi connectivity index (χ0n) is 10.9. The van der Waals surface area contributed by atoms with Crippen molar-refractivity contribution in [2.45, 2.75) is 6.42 Å². The third-order valence-corrected chi connectivity index (χ3v) is 4.13. The number of H-pyrrole nitrogens is 1. The van der Waals surface area contributed by atoms with Crippen LogP contribution >= 0.6 is 11.3 Å². The van der Waals surface area contributed by atoms with Crippen LogP contribution < -0.4 is 5.56 Å². The maximum atomic E-state index is 12.0. The van der Waals surface area contributed by atoms with Gasteiger partial charge in [-0.3, -0.25) is 4.79 Å². The van der Waals surface area contributed by atoms with Crippen molar-refractivity contribution in [1.29, 1.82) is 0 Å². The first-order chi connectivity index (χ1) is 9.15. The number of nitrogens with zero attached hydrogens (tertiary/aromatic N) is 2. The summed E-state index contributed by atoms with van der Waals surface area (Å²) in [5, 5.41) is 2.71. The smallest absolute Gasteiger partial charge is 0.257 e. The standard InChI is InChI=1S/C14H15N3OS/c1-17(2)8-7-11-15-12-9-5-3-4-6-10(9)13(18)16-14(12)19-11/h3-6H,7-8H2,1-2H3,(H,16,18). The van der Waals surface area contributed by atoms with Crippen molar-refractivity contribution in [3.63, 3.8) is 0 Å². The minimum absolute atomic E-state index is 0.0362. The van der Waals surface area contributed by atoms with Crippen LogP contribution in [0.4, 0.5) is 0 Å². The summed E-state index contributed by atoms with van der Waals surface area (Å²) in [6.45, 7) is 0.960. The highest BCUT2D eigenvalue weighted by Gasteiger charge is 2.10. The molecule has 2 heterocycles. The molecule has 2 aromatic heterocycles. The van der Waals surface area contributed by atoms with Gasteiger partial charge in [0.05, 0.1) is 5.01 Å². The highest BCUT2D eigenvalue weighted by Crippen LogP contribution is 2.25. The van der Waals surface area contributed by atoms with Gasteiger partial charge in [-0.2, -0.15) is 0 Å². The Bertz CT molecular complexity index is 788. The lowest BCUT2D eigenvalue weighted by Gasteiger charge is -2.06. The first-order valence-electron chi connectivity index (χ1n) is 6.20. The zero-order chi connectivity index (χ0) is 13.4. The molecule has 0 aliphatic rings. The molecule has 0 atom stereocenters. The predicted octanol–water partition coefficient (Wildman–Crippen LogP) is 2.24. The summed E-state index contributed by atoms with van der Waals surface area (Å²) in [5.74, 6) is 0. The first-order valence-corrected chi connectivity index (χ1v) is 7.02. The number of hydrogen-bond acceptors (Lipinski definition) is 4. The Labute approximate surface area is 114 Å². The molecule has 0 unspecified atom stereocenters. The van der Waals surface area contributed by atoms with E-state index < -0.39 is 0 Å². The van der Waals surface area contributed by atoms with Crippen LogP contribution in [0.3, 0.4) is 0 Å². The number of aromatic nitrogens is 2. The fourth-order valence-electron chi connectivity index (χ4n) is 2.12. The SMILES string of the molecule is CN(C)CCc1nc2c([nH]c(=O)c3ccccc32)s1. The quantitative estimate of drug-likeness (QED) is 0.796. The Morgan fingerprint density at radius 1 is 1.26 bits per heavy atom. The van der Waals surface area contributed by atoms with E-state index in [1.165, 1.54) is 0 Å². The molecule has 0 radical (unpaired) electrons. The van der Waals surface area contributed by atoms with Crippen LogP contribution in [0.1, 0.15) is 5.01 Å². The lowest BCUT2D eigenvalue weighted by atomic mass is 10.1. The number of rotatable bonds is 3. The van der Waals surface area contributed by atoms with Crippen molar-refractivity contribution in [2.75, 3.05) is 20.6 Å². The topological polar surface area (TPSA) is 49.0 Å². The minimum atomic E-state index is -0.0362. The van der Waals surface area contributed by atoms with E-state index in [0.29, 0.717) is 5.39 Å². The van der Waals surface area contributed by atoms with E-state index in [1.54, 1.807) is 11.3 Å². The molecule has 0 saturated carbocycles. The minimum Gasteiger partial charge on any atom is -0.312 e. The van der Waals surface area contributed by atoms with Gasteiger partial charge >= 0.3 is 0 Å². The van der Waals surface area contributed by atoms with E-state index >= 15 is 0 Å². The third kappa shape index (κ3) is 2.27. The van der Waals surface area contributed by atoms with Gasteiger partial charge in [0, 0.05) is 23.7 Å². The van der Waals surface area contributed by atoms with Crippen LogP contribution in [0.5, 0.6) is 0 Å². The Morgan fingerprint density at radius 2 is 2.00 bits per heavy atom. The number of thiazole rings is 1. The van der Waals surface area contributed by atoms with Gasteiger partial charge in [-0.25, -0.2) is 4.98 Å². The van der Waals surface area contributed by atoms with E-state index in [1.807, 2.05) is 38.4 Å². The summed E-state index contributed by atoms with van der Waals surface area (Å²) in [4.78, 5) is 22.6. The fraction of sp³-hybridized carbons (Fsp3) is 0.286. The number of nitrogens with one attached hydrogen (secondary N) is 1. The van der Waals surface area contributed by atoms with Gasteiger partial charge < -0.3 is 9.88 Å². The van der Waals surface area contributed by atoms with Gasteiger partial charge in [-0.05, 0) is 20.2 Å². The zero-order valence-corrected chi connectivity index (χ0v) is 11.8. The molecule has 0 aliphatic carbocycles. The first kappa shape index (κ1) is 12.3. The average Bonchev–Trinajstić information content (AvgIpc) is 2.80. The van der Waals surface area contributed by atoms with Crippen LogP contribution in [0.2, 0.25) is 0 Å². The maximum Gasteiger partial charge on any atom is 0.257 e. The second-order valence-corrected chi connectivity index (χ2v) is 5.92. The molecule has 0 saturated heterocycles. The summed E-state index contributed by atoms with van der Waals surface area (Å²) in [7, 11) is 4.09. The van der Waals surface area contributed by atoms with E-state index in [-0.39, 0.29) is 5.56 Å². The monoisotopic (exact) mass is 273 g/mol. The lowest BCUT2D eigenvalue weighted by molar-refractivity contribution is 0.413. The number of aromatic amines is 1. The third-order valence-electron chi connectivity index (χ3n) is 3.10. The van der Waals surface area contributed by atoms with E-state index in [9.17, 15) is 4.79 Å². The molecule has 1 aromatic carbocycles. The van der Waals surface area contributed by atoms with Gasteiger partial charge in [0.1, 0.15) is 10.3 Å². The molecule has 0 bridgehead atoms. The summed E-state index contributed by atoms with van der Waals surface area (Å²) in [5.41, 5.74) is 0.875. The van der Waals surface area contributed by atoms with Crippen molar-refractivity contribution in [1.82, 2.24) is 14.9 Å². The molecule has 0 spiro atoms. The molecule has 1 N–H and O–H groups in total. The Morgan fingerprint density at radius 3 is 2.74 bits per heavy atom. The molecule has 3 rings (SSSR count). The van der Waals surface area contributed by atoms with Crippen LogP contribution in [0.25, 0.3) is 21.1 Å². The fourth-order valence-corrected chi connectivity index (χ4v) is 3.08. The van der Waals surface area contributed by atoms with Gasteiger partial charge in [-0.1, -0.05) is 18.2 Å². The van der Waals surface area contributed by atoms with E-state index in [0.717, 1.165) is 33.7 Å². The molecule has 4 nitrogen and oxygen atoms in total. The van der Waals surface area contributed by atoms with Crippen molar-refractivity contribution in [3.05, 3.63) is 39.6 Å². The second-order valence-electron chi connectivity index (χ2n) is 4.84. The highest BCUT2D eigenvalue weighted by molar-refractivity contribution is 7.18. The van der Waals surface area contributed by atoms with Crippen LogP contribution in [0.15, 0.2) is 29.1 Å². The van der Waals surface area contributed by atoms with E-state index in [4.69, 9.17) is 0 Å². The summed E-state index contributed by atoms with van der Waals surface area (Å²) < 4.78 is 0. The van der Waals surface area contributed by atoms with Crippen LogP contribution in [-0.4, -0.2) is 35.5 Å². The number of hydrogen-bond donors (Lipinski definition) is 1. The number of fused-ring (bicyclic) bond motifs is 3. The Hall–Kier alpha value is -1.72. The Kier molecular flexibility index (Phi) is 3.08. The largest absolute Gasteiger partial charge is 0.312 e. The summed E-state index contributed by atoms with van der Waals surface area (Å²) in [6, 6.07) is 7.62. The maximum absolute atomic E-state index is 12.0. The molecule has 19 heavy (non-hydrogen) atoms. The van der Waals surface area contributed by atoms with Gasteiger partial charge in [-0.15, -0.1) is 11.3 Å².